The van der Waals surface area contributed by atoms with Crippen LogP contribution in [0.1, 0.15) is 31.4 Å². The van der Waals surface area contributed by atoms with Crippen LogP contribution in [0.3, 0.4) is 0 Å². The molecule has 2 rings (SSSR count). The molecule has 0 bridgehead atoms. The van der Waals surface area contributed by atoms with E-state index in [0.29, 0.717) is 11.3 Å². The molecule has 1 aliphatic heterocycles. The van der Waals surface area contributed by atoms with E-state index in [-0.39, 0.29) is 24.5 Å². The lowest BCUT2D eigenvalue weighted by Gasteiger charge is -2.19. The summed E-state index contributed by atoms with van der Waals surface area (Å²) in [5.41, 5.74) is 3.04. The second-order valence-corrected chi connectivity index (χ2v) is 4.67. The Labute approximate surface area is 121 Å². The molecule has 1 aromatic carbocycles. The van der Waals surface area contributed by atoms with Gasteiger partial charge < -0.3 is 10.1 Å². The number of hydrogen-bond donors (Lipinski definition) is 2. The number of benzene rings is 1. The Hall–Kier alpha value is -2.44. The summed E-state index contributed by atoms with van der Waals surface area (Å²) in [5.74, 6) is -0.530. The standard InChI is InChI=1S/C14H16FN3O3/c1-8(10-7-9(15)3-5-12(10)21-2)16-14(20)11-4-6-13(19)18-17-11/h3,5,7-8H,4,6H2,1-2H3,(H,16,20)(H,18,19). The van der Waals surface area contributed by atoms with Gasteiger partial charge in [-0.1, -0.05) is 0 Å². The van der Waals surface area contributed by atoms with Crippen LogP contribution in [0.4, 0.5) is 4.39 Å². The molecule has 112 valence electrons. The van der Waals surface area contributed by atoms with Crippen LogP contribution < -0.4 is 15.5 Å². The van der Waals surface area contributed by atoms with Crippen molar-refractivity contribution in [2.24, 2.45) is 5.10 Å². The maximum Gasteiger partial charge on any atom is 0.267 e. The van der Waals surface area contributed by atoms with E-state index in [1.807, 2.05) is 0 Å². The number of carbonyl (C=O) groups excluding carboxylic acids is 2. The van der Waals surface area contributed by atoms with Crippen molar-refractivity contribution >= 4 is 17.5 Å². The fraction of sp³-hybridized carbons (Fsp3) is 0.357. The molecule has 1 unspecified atom stereocenters. The number of hydrogen-bond acceptors (Lipinski definition) is 4. The van der Waals surface area contributed by atoms with Crippen LogP contribution in [0.25, 0.3) is 0 Å². The Balaban J connectivity index is 2.11. The van der Waals surface area contributed by atoms with Gasteiger partial charge in [-0.3, -0.25) is 9.59 Å². The van der Waals surface area contributed by atoms with Crippen LogP contribution in [0, 0.1) is 5.82 Å². The Morgan fingerprint density at radius 2 is 2.24 bits per heavy atom. The quantitative estimate of drug-likeness (QED) is 0.877. The number of carbonyl (C=O) groups is 2. The number of rotatable bonds is 4. The predicted octanol–water partition coefficient (Wildman–Crippen LogP) is 1.28. The van der Waals surface area contributed by atoms with Gasteiger partial charge in [-0.25, -0.2) is 9.82 Å². The van der Waals surface area contributed by atoms with Crippen molar-refractivity contribution in [3.63, 3.8) is 0 Å². The summed E-state index contributed by atoms with van der Waals surface area (Å²) in [6.45, 7) is 1.72. The molecule has 0 fully saturated rings. The van der Waals surface area contributed by atoms with Gasteiger partial charge in [0.25, 0.3) is 5.91 Å². The van der Waals surface area contributed by atoms with Gasteiger partial charge in [0.15, 0.2) is 0 Å². The summed E-state index contributed by atoms with van der Waals surface area (Å²) in [6.07, 6.45) is 0.509. The molecule has 0 saturated carbocycles. The molecule has 0 saturated heterocycles. The van der Waals surface area contributed by atoms with Gasteiger partial charge in [-0.05, 0) is 25.1 Å². The fourth-order valence-corrected chi connectivity index (χ4v) is 2.04. The van der Waals surface area contributed by atoms with Gasteiger partial charge >= 0.3 is 0 Å². The number of amides is 2. The average Bonchev–Trinajstić information content (AvgIpc) is 2.47. The molecule has 7 heteroatoms. The highest BCUT2D eigenvalue weighted by molar-refractivity contribution is 6.39. The zero-order valence-electron chi connectivity index (χ0n) is 11.8. The Kier molecular flexibility index (Phi) is 4.52. The summed E-state index contributed by atoms with van der Waals surface area (Å²) < 4.78 is 18.5. The molecule has 1 aromatic rings. The molecule has 1 aliphatic rings. The van der Waals surface area contributed by atoms with Crippen molar-refractivity contribution in [2.45, 2.75) is 25.8 Å². The van der Waals surface area contributed by atoms with Crippen molar-refractivity contribution < 1.29 is 18.7 Å². The lowest BCUT2D eigenvalue weighted by Crippen LogP contribution is -2.38. The van der Waals surface area contributed by atoms with Gasteiger partial charge in [0.2, 0.25) is 5.91 Å². The van der Waals surface area contributed by atoms with Crippen LogP contribution in [0.2, 0.25) is 0 Å². The van der Waals surface area contributed by atoms with E-state index in [1.165, 1.54) is 25.3 Å². The molecule has 6 nitrogen and oxygen atoms in total. The first-order valence-corrected chi connectivity index (χ1v) is 6.51. The maximum atomic E-state index is 13.3. The van der Waals surface area contributed by atoms with E-state index in [9.17, 15) is 14.0 Å². The van der Waals surface area contributed by atoms with Crippen molar-refractivity contribution in [3.05, 3.63) is 29.6 Å². The first-order chi connectivity index (χ1) is 10.0. The Bertz CT molecular complexity index is 601. The first-order valence-electron chi connectivity index (χ1n) is 6.51. The number of halogens is 1. The van der Waals surface area contributed by atoms with Crippen molar-refractivity contribution in [1.29, 1.82) is 0 Å². The summed E-state index contributed by atoms with van der Waals surface area (Å²) in [6, 6.07) is 3.65. The monoisotopic (exact) mass is 293 g/mol. The predicted molar refractivity (Wildman–Crippen MR) is 74.3 cm³/mol. The lowest BCUT2D eigenvalue weighted by molar-refractivity contribution is -0.121. The minimum absolute atomic E-state index is 0.216. The smallest absolute Gasteiger partial charge is 0.267 e. The van der Waals surface area contributed by atoms with E-state index in [2.05, 4.69) is 15.8 Å². The van der Waals surface area contributed by atoms with Crippen LogP contribution in [-0.4, -0.2) is 24.6 Å². The van der Waals surface area contributed by atoms with Crippen molar-refractivity contribution in [3.8, 4) is 5.75 Å². The molecule has 1 atom stereocenters. The summed E-state index contributed by atoms with van der Waals surface area (Å²) in [4.78, 5) is 23.0. The second-order valence-electron chi connectivity index (χ2n) is 4.67. The third kappa shape index (κ3) is 3.56. The van der Waals surface area contributed by atoms with Crippen LogP contribution in [0.5, 0.6) is 5.75 Å². The van der Waals surface area contributed by atoms with Gasteiger partial charge in [-0.2, -0.15) is 5.10 Å². The minimum atomic E-state index is -0.455. The topological polar surface area (TPSA) is 79.8 Å². The zero-order valence-corrected chi connectivity index (χ0v) is 11.8. The highest BCUT2D eigenvalue weighted by Gasteiger charge is 2.21. The number of ether oxygens (including phenoxy) is 1. The number of hydrazone groups is 1. The maximum absolute atomic E-state index is 13.3. The normalized spacial score (nSPS) is 15.8. The Morgan fingerprint density at radius 1 is 1.48 bits per heavy atom. The minimum Gasteiger partial charge on any atom is -0.496 e. The van der Waals surface area contributed by atoms with Crippen LogP contribution >= 0.6 is 0 Å². The van der Waals surface area contributed by atoms with Gasteiger partial charge in [0.05, 0.1) is 13.2 Å². The number of methoxy groups -OCH3 is 1. The summed E-state index contributed by atoms with van der Waals surface area (Å²) in [5, 5.41) is 6.43. The SMILES string of the molecule is COc1ccc(F)cc1C(C)NC(=O)C1=NNC(=O)CC1. The third-order valence-electron chi connectivity index (χ3n) is 3.17. The molecule has 0 spiro atoms. The third-order valence-corrected chi connectivity index (χ3v) is 3.17. The van der Waals surface area contributed by atoms with Crippen molar-refractivity contribution in [2.75, 3.05) is 7.11 Å². The summed E-state index contributed by atoms with van der Waals surface area (Å²) in [7, 11) is 1.48. The van der Waals surface area contributed by atoms with Gasteiger partial charge in [0.1, 0.15) is 17.3 Å². The number of nitrogens with one attached hydrogen (secondary N) is 2. The van der Waals surface area contributed by atoms with Crippen LogP contribution in [0.15, 0.2) is 23.3 Å². The molecular weight excluding hydrogens is 277 g/mol. The highest BCUT2D eigenvalue weighted by Crippen LogP contribution is 2.25. The molecule has 0 aromatic heterocycles. The molecule has 0 radical (unpaired) electrons. The Morgan fingerprint density at radius 3 is 2.86 bits per heavy atom. The first kappa shape index (κ1) is 15.0. The largest absolute Gasteiger partial charge is 0.496 e. The fourth-order valence-electron chi connectivity index (χ4n) is 2.04. The molecule has 21 heavy (non-hydrogen) atoms. The average molecular weight is 293 g/mol. The summed E-state index contributed by atoms with van der Waals surface area (Å²) >= 11 is 0. The molecule has 2 N–H and O–H groups in total. The van der Waals surface area contributed by atoms with Crippen LogP contribution in [-0.2, 0) is 9.59 Å². The molecule has 1 heterocycles. The van der Waals surface area contributed by atoms with E-state index < -0.39 is 17.8 Å². The molecular formula is C14H16FN3O3. The van der Waals surface area contributed by atoms with Crippen molar-refractivity contribution in [1.82, 2.24) is 10.7 Å². The zero-order chi connectivity index (χ0) is 15.4. The van der Waals surface area contributed by atoms with Gasteiger partial charge in [0, 0.05) is 18.4 Å². The van der Waals surface area contributed by atoms with E-state index >= 15 is 0 Å². The van der Waals surface area contributed by atoms with Gasteiger partial charge in [-0.15, -0.1) is 0 Å². The number of nitrogens with zero attached hydrogens (tertiary/aromatic N) is 1. The van der Waals surface area contributed by atoms with E-state index in [4.69, 9.17) is 4.74 Å². The van der Waals surface area contributed by atoms with E-state index in [0.717, 1.165) is 0 Å². The molecule has 2 amide bonds. The highest BCUT2D eigenvalue weighted by atomic mass is 19.1. The second kappa shape index (κ2) is 6.34. The van der Waals surface area contributed by atoms with E-state index in [1.54, 1.807) is 6.92 Å². The molecule has 0 aliphatic carbocycles. The lowest BCUT2D eigenvalue weighted by atomic mass is 10.1.